The third-order valence-electron chi connectivity index (χ3n) is 1.41. The van der Waals surface area contributed by atoms with Crippen molar-refractivity contribution in [3.05, 3.63) is 34.9 Å². The van der Waals surface area contributed by atoms with Crippen molar-refractivity contribution in [3.8, 4) is 0 Å². The van der Waals surface area contributed by atoms with Gasteiger partial charge in [0.15, 0.2) is 0 Å². The van der Waals surface area contributed by atoms with Crippen LogP contribution >= 0.6 is 48.2 Å². The van der Waals surface area contributed by atoms with Gasteiger partial charge in [0.1, 0.15) is 0 Å². The number of nitrogens with zero attached hydrogens (tertiary/aromatic N) is 1. The van der Waals surface area contributed by atoms with E-state index in [1.165, 1.54) is 0 Å². The van der Waals surface area contributed by atoms with Crippen molar-refractivity contribution in [3.63, 3.8) is 0 Å². The van der Waals surface area contributed by atoms with Gasteiger partial charge in [-0.25, -0.2) is 0 Å². The van der Waals surface area contributed by atoms with E-state index in [-0.39, 0.29) is 24.0 Å². The highest BCUT2D eigenvalue weighted by Crippen LogP contribution is 2.11. The first kappa shape index (κ1) is 13.3. The summed E-state index contributed by atoms with van der Waals surface area (Å²) in [7, 11) is 0. The summed E-state index contributed by atoms with van der Waals surface area (Å²) < 4.78 is 0. The molecule has 0 aliphatic rings. The number of benzene rings is 1. The zero-order chi connectivity index (χ0) is 8.97. The van der Waals surface area contributed by atoms with Crippen LogP contribution in [-0.2, 0) is 0 Å². The highest BCUT2D eigenvalue weighted by Gasteiger charge is 1.95. The number of thiol groups is 1. The number of hydrogen-bond donors (Lipinski definition) is 1. The van der Waals surface area contributed by atoms with Gasteiger partial charge in [-0.15, -0.1) is 36.6 Å². The maximum atomic E-state index is 5.73. The third kappa shape index (κ3) is 4.33. The van der Waals surface area contributed by atoms with Gasteiger partial charge in [-0.2, -0.15) is 0 Å². The fraction of sp³-hybridized carbons (Fsp3) is 0.222. The lowest BCUT2D eigenvalue weighted by Crippen LogP contribution is -1.91. The van der Waals surface area contributed by atoms with Crippen molar-refractivity contribution in [2.24, 2.45) is 4.99 Å². The van der Waals surface area contributed by atoms with Gasteiger partial charge in [0.25, 0.3) is 0 Å². The van der Waals surface area contributed by atoms with Gasteiger partial charge in [0, 0.05) is 17.1 Å². The standard InChI is InChI=1S/C9H10ClNS.HI/c1-2-11-9(12)7-3-5-8(10)6-4-7;/h3-6H,2H2,1H3,(H,11,12);1H. The first-order valence-electron chi connectivity index (χ1n) is 3.73. The molecule has 0 fully saturated rings. The summed E-state index contributed by atoms with van der Waals surface area (Å²) in [6, 6.07) is 7.48. The summed E-state index contributed by atoms with van der Waals surface area (Å²) in [6.07, 6.45) is 0. The molecule has 13 heavy (non-hydrogen) atoms. The zero-order valence-electron chi connectivity index (χ0n) is 7.20. The Bertz CT molecular complexity index is 284. The van der Waals surface area contributed by atoms with Crippen molar-refractivity contribution >= 4 is 53.3 Å². The molecule has 0 bridgehead atoms. The molecule has 1 aromatic rings. The normalized spacial score (nSPS) is 10.8. The van der Waals surface area contributed by atoms with E-state index in [9.17, 15) is 0 Å². The minimum atomic E-state index is 0. The second kappa shape index (κ2) is 6.68. The molecule has 0 heterocycles. The SMILES string of the molecule is CCN=C(S)c1ccc(Cl)cc1.I. The number of halogens is 2. The van der Waals surface area contributed by atoms with Gasteiger partial charge in [0.05, 0.1) is 5.04 Å². The Hall–Kier alpha value is 0.260. The Balaban J connectivity index is 0.00000144. The quantitative estimate of drug-likeness (QED) is 0.368. The predicted molar refractivity (Wildman–Crippen MR) is 72.9 cm³/mol. The van der Waals surface area contributed by atoms with E-state index < -0.39 is 0 Å². The van der Waals surface area contributed by atoms with Gasteiger partial charge in [-0.3, -0.25) is 4.99 Å². The summed E-state index contributed by atoms with van der Waals surface area (Å²) in [5.74, 6) is 0. The van der Waals surface area contributed by atoms with Crippen molar-refractivity contribution in [1.29, 1.82) is 0 Å². The number of rotatable bonds is 2. The van der Waals surface area contributed by atoms with E-state index in [4.69, 9.17) is 11.6 Å². The lowest BCUT2D eigenvalue weighted by Gasteiger charge is -1.98. The van der Waals surface area contributed by atoms with Crippen molar-refractivity contribution < 1.29 is 0 Å². The van der Waals surface area contributed by atoms with Gasteiger partial charge >= 0.3 is 0 Å². The summed E-state index contributed by atoms with van der Waals surface area (Å²) in [6.45, 7) is 2.73. The molecule has 1 nitrogen and oxygen atoms in total. The molecule has 0 radical (unpaired) electrons. The molecule has 4 heteroatoms. The van der Waals surface area contributed by atoms with Gasteiger partial charge in [0.2, 0.25) is 0 Å². The van der Waals surface area contributed by atoms with Gasteiger partial charge in [-0.1, -0.05) is 23.7 Å². The minimum Gasteiger partial charge on any atom is -0.278 e. The molecule has 0 aliphatic carbocycles. The Morgan fingerprint density at radius 2 is 1.92 bits per heavy atom. The van der Waals surface area contributed by atoms with Gasteiger partial charge < -0.3 is 0 Å². The van der Waals surface area contributed by atoms with E-state index in [1.807, 2.05) is 31.2 Å². The maximum Gasteiger partial charge on any atom is 0.0946 e. The van der Waals surface area contributed by atoms with Crippen molar-refractivity contribution in [2.45, 2.75) is 6.92 Å². The van der Waals surface area contributed by atoms with E-state index in [0.29, 0.717) is 0 Å². The summed E-state index contributed by atoms with van der Waals surface area (Å²) in [5, 5.41) is 1.49. The van der Waals surface area contributed by atoms with Crippen LogP contribution in [0.4, 0.5) is 0 Å². The Labute approximate surface area is 106 Å². The lowest BCUT2D eigenvalue weighted by molar-refractivity contribution is 1.14. The molecule has 0 saturated carbocycles. The van der Waals surface area contributed by atoms with Crippen LogP contribution in [-0.4, -0.2) is 11.6 Å². The van der Waals surface area contributed by atoms with E-state index >= 15 is 0 Å². The molecular formula is C9H11ClINS. The first-order chi connectivity index (χ1) is 5.74. The van der Waals surface area contributed by atoms with Crippen LogP contribution in [0.5, 0.6) is 0 Å². The Morgan fingerprint density at radius 1 is 1.38 bits per heavy atom. The van der Waals surface area contributed by atoms with Crippen LogP contribution in [0, 0.1) is 0 Å². The van der Waals surface area contributed by atoms with E-state index in [0.717, 1.165) is 22.2 Å². The maximum absolute atomic E-state index is 5.73. The van der Waals surface area contributed by atoms with E-state index in [1.54, 1.807) is 0 Å². The van der Waals surface area contributed by atoms with Crippen LogP contribution in [0.1, 0.15) is 12.5 Å². The lowest BCUT2D eigenvalue weighted by atomic mass is 10.2. The molecule has 0 spiro atoms. The minimum absolute atomic E-state index is 0. The predicted octanol–water partition coefficient (Wildman–Crippen LogP) is 3.65. The second-order valence-electron chi connectivity index (χ2n) is 2.30. The molecule has 0 aromatic heterocycles. The van der Waals surface area contributed by atoms with Crippen LogP contribution in [0.2, 0.25) is 5.02 Å². The van der Waals surface area contributed by atoms with Crippen LogP contribution in [0.25, 0.3) is 0 Å². The molecular weight excluding hydrogens is 317 g/mol. The van der Waals surface area contributed by atoms with Crippen molar-refractivity contribution in [1.82, 2.24) is 0 Å². The second-order valence-corrected chi connectivity index (χ2v) is 3.16. The molecule has 0 unspecified atom stereocenters. The highest BCUT2D eigenvalue weighted by atomic mass is 127. The van der Waals surface area contributed by atoms with E-state index in [2.05, 4.69) is 17.6 Å². The molecule has 0 saturated heterocycles. The zero-order valence-corrected chi connectivity index (χ0v) is 11.2. The largest absolute Gasteiger partial charge is 0.278 e. The monoisotopic (exact) mass is 327 g/mol. The fourth-order valence-electron chi connectivity index (χ4n) is 0.840. The Morgan fingerprint density at radius 3 is 2.38 bits per heavy atom. The molecule has 1 aromatic carbocycles. The first-order valence-corrected chi connectivity index (χ1v) is 4.56. The van der Waals surface area contributed by atoms with Crippen LogP contribution in [0.15, 0.2) is 29.3 Å². The fourth-order valence-corrected chi connectivity index (χ4v) is 1.26. The summed E-state index contributed by atoms with van der Waals surface area (Å²) in [5.41, 5.74) is 1.00. The summed E-state index contributed by atoms with van der Waals surface area (Å²) in [4.78, 5) is 4.16. The molecule has 0 amide bonds. The van der Waals surface area contributed by atoms with Crippen molar-refractivity contribution in [2.75, 3.05) is 6.54 Å². The van der Waals surface area contributed by atoms with Gasteiger partial charge in [-0.05, 0) is 19.1 Å². The molecule has 0 N–H and O–H groups in total. The summed E-state index contributed by atoms with van der Waals surface area (Å²) >= 11 is 9.97. The Kier molecular flexibility index (Phi) is 6.81. The third-order valence-corrected chi connectivity index (χ3v) is 2.06. The average Bonchev–Trinajstić information content (AvgIpc) is 2.06. The van der Waals surface area contributed by atoms with Crippen LogP contribution in [0.3, 0.4) is 0 Å². The molecule has 1 rings (SSSR count). The number of hydrogen-bond acceptors (Lipinski definition) is 1. The molecule has 0 aliphatic heterocycles. The molecule has 0 atom stereocenters. The smallest absolute Gasteiger partial charge is 0.0946 e. The van der Waals surface area contributed by atoms with Crippen LogP contribution < -0.4 is 0 Å². The molecule has 72 valence electrons. The number of aliphatic imine (C=N–C) groups is 1. The topological polar surface area (TPSA) is 12.4 Å². The highest BCUT2D eigenvalue weighted by molar-refractivity contribution is 14.0. The average molecular weight is 328 g/mol.